The summed E-state index contributed by atoms with van der Waals surface area (Å²) in [6.07, 6.45) is 0. The third-order valence-corrected chi connectivity index (χ3v) is 3.39. The van der Waals surface area contributed by atoms with Gasteiger partial charge in [-0.05, 0) is 11.4 Å². The quantitative estimate of drug-likeness (QED) is 0.713. The van der Waals surface area contributed by atoms with Gasteiger partial charge in [0.1, 0.15) is 5.52 Å². The SMILES string of the molecule is O=C(Nc1n[nH]c2c(F)cc(F)c(F)c12)c1ccsc1. The lowest BCUT2D eigenvalue weighted by Crippen LogP contribution is -2.11. The maximum atomic E-state index is 13.7. The number of rotatable bonds is 2. The van der Waals surface area contributed by atoms with Crippen LogP contribution in [0.15, 0.2) is 22.9 Å². The molecule has 8 heteroatoms. The summed E-state index contributed by atoms with van der Waals surface area (Å²) in [5.41, 5.74) is 0.0490. The maximum absolute atomic E-state index is 13.7. The molecule has 0 aliphatic carbocycles. The van der Waals surface area contributed by atoms with Crippen molar-refractivity contribution in [3.8, 4) is 0 Å². The summed E-state index contributed by atoms with van der Waals surface area (Å²) >= 11 is 1.31. The van der Waals surface area contributed by atoms with Gasteiger partial charge in [-0.25, -0.2) is 13.2 Å². The highest BCUT2D eigenvalue weighted by molar-refractivity contribution is 7.08. The summed E-state index contributed by atoms with van der Waals surface area (Å²) in [7, 11) is 0. The largest absolute Gasteiger partial charge is 0.304 e. The Kier molecular flexibility index (Phi) is 2.94. The number of fused-ring (bicyclic) bond motifs is 1. The van der Waals surface area contributed by atoms with Gasteiger partial charge in [0.25, 0.3) is 5.91 Å². The van der Waals surface area contributed by atoms with Crippen LogP contribution in [0.1, 0.15) is 10.4 Å². The molecule has 0 spiro atoms. The molecule has 3 rings (SSSR count). The number of nitrogens with zero attached hydrogens (tertiary/aromatic N) is 1. The van der Waals surface area contributed by atoms with Crippen molar-refractivity contribution in [2.45, 2.75) is 0 Å². The van der Waals surface area contributed by atoms with Crippen molar-refractivity contribution in [3.05, 3.63) is 45.9 Å². The second kappa shape index (κ2) is 4.64. The number of carbonyl (C=O) groups excluding carboxylic acids is 1. The number of anilines is 1. The van der Waals surface area contributed by atoms with Crippen molar-refractivity contribution in [1.82, 2.24) is 10.2 Å². The minimum absolute atomic E-state index is 0.257. The number of benzene rings is 1. The van der Waals surface area contributed by atoms with Gasteiger partial charge >= 0.3 is 0 Å². The van der Waals surface area contributed by atoms with E-state index in [0.29, 0.717) is 11.6 Å². The van der Waals surface area contributed by atoms with E-state index in [1.807, 2.05) is 0 Å². The van der Waals surface area contributed by atoms with Crippen molar-refractivity contribution in [1.29, 1.82) is 0 Å². The third kappa shape index (κ3) is 1.94. The molecule has 2 N–H and O–H groups in total. The number of H-pyrrole nitrogens is 1. The Balaban J connectivity index is 2.07. The molecule has 4 nitrogen and oxygen atoms in total. The fourth-order valence-electron chi connectivity index (χ4n) is 1.76. The minimum Gasteiger partial charge on any atom is -0.304 e. The first-order valence-electron chi connectivity index (χ1n) is 5.43. The second-order valence-corrected chi connectivity index (χ2v) is 4.72. The average Bonchev–Trinajstić information content (AvgIpc) is 3.05. The summed E-state index contributed by atoms with van der Waals surface area (Å²) in [6, 6.07) is 1.98. The van der Waals surface area contributed by atoms with Crippen molar-refractivity contribution in [2.75, 3.05) is 5.32 Å². The highest BCUT2D eigenvalue weighted by atomic mass is 32.1. The molecule has 0 aliphatic heterocycles. The molecule has 0 atom stereocenters. The van der Waals surface area contributed by atoms with Gasteiger partial charge in [0, 0.05) is 11.4 Å². The van der Waals surface area contributed by atoms with Gasteiger partial charge in [-0.2, -0.15) is 16.4 Å². The molecule has 0 unspecified atom stereocenters. The van der Waals surface area contributed by atoms with Crippen LogP contribution in [0.2, 0.25) is 0 Å². The van der Waals surface area contributed by atoms with E-state index >= 15 is 0 Å². The molecule has 20 heavy (non-hydrogen) atoms. The van der Waals surface area contributed by atoms with Gasteiger partial charge in [0.2, 0.25) is 0 Å². The molecule has 102 valence electrons. The average molecular weight is 297 g/mol. The van der Waals surface area contributed by atoms with E-state index in [1.54, 1.807) is 16.8 Å². The summed E-state index contributed by atoms with van der Waals surface area (Å²) in [5.74, 6) is -4.39. The minimum atomic E-state index is -1.34. The highest BCUT2D eigenvalue weighted by Crippen LogP contribution is 2.28. The monoisotopic (exact) mass is 297 g/mol. The van der Waals surface area contributed by atoms with Crippen LogP contribution >= 0.6 is 11.3 Å². The van der Waals surface area contributed by atoms with Crippen molar-refractivity contribution in [3.63, 3.8) is 0 Å². The number of amides is 1. The predicted octanol–water partition coefficient (Wildman–Crippen LogP) is 3.29. The number of thiophene rings is 1. The molecule has 2 aromatic heterocycles. The Morgan fingerprint density at radius 3 is 2.80 bits per heavy atom. The van der Waals surface area contributed by atoms with Crippen LogP contribution in [0.4, 0.5) is 19.0 Å². The standard InChI is InChI=1S/C12H6F3N3OS/c13-6-3-7(14)10-8(9(6)15)11(18-17-10)16-12(19)5-1-2-20-4-5/h1-4H,(H2,16,17,18,19). The Morgan fingerprint density at radius 2 is 2.10 bits per heavy atom. The van der Waals surface area contributed by atoms with Crippen molar-refractivity contribution in [2.24, 2.45) is 0 Å². The molecular weight excluding hydrogens is 291 g/mol. The Hall–Kier alpha value is -2.35. The van der Waals surface area contributed by atoms with Gasteiger partial charge < -0.3 is 5.32 Å². The van der Waals surface area contributed by atoms with Gasteiger partial charge in [0.05, 0.1) is 10.9 Å². The van der Waals surface area contributed by atoms with E-state index in [1.165, 1.54) is 11.3 Å². The maximum Gasteiger partial charge on any atom is 0.257 e. The number of hydrogen-bond acceptors (Lipinski definition) is 3. The number of carbonyl (C=O) groups is 1. The van der Waals surface area contributed by atoms with E-state index in [4.69, 9.17) is 0 Å². The Labute approximate surface area is 114 Å². The van der Waals surface area contributed by atoms with Crippen LogP contribution in [-0.2, 0) is 0 Å². The van der Waals surface area contributed by atoms with Crippen LogP contribution in [0, 0.1) is 17.5 Å². The fraction of sp³-hybridized carbons (Fsp3) is 0. The smallest absolute Gasteiger partial charge is 0.257 e. The molecule has 0 saturated heterocycles. The zero-order chi connectivity index (χ0) is 14.3. The van der Waals surface area contributed by atoms with E-state index < -0.39 is 28.7 Å². The molecule has 3 aromatic rings. The lowest BCUT2D eigenvalue weighted by molar-refractivity contribution is 0.102. The van der Waals surface area contributed by atoms with E-state index in [-0.39, 0.29) is 11.3 Å². The molecular formula is C12H6F3N3OS. The summed E-state index contributed by atoms with van der Waals surface area (Å²) < 4.78 is 40.4. The van der Waals surface area contributed by atoms with E-state index in [0.717, 1.165) is 0 Å². The third-order valence-electron chi connectivity index (χ3n) is 2.70. The van der Waals surface area contributed by atoms with Crippen LogP contribution < -0.4 is 5.32 Å². The lowest BCUT2D eigenvalue weighted by atomic mass is 10.2. The zero-order valence-electron chi connectivity index (χ0n) is 9.71. The first-order valence-corrected chi connectivity index (χ1v) is 6.37. The Morgan fingerprint density at radius 1 is 1.30 bits per heavy atom. The normalized spacial score (nSPS) is 10.9. The van der Waals surface area contributed by atoms with E-state index in [2.05, 4.69) is 15.5 Å². The van der Waals surface area contributed by atoms with Gasteiger partial charge in [-0.1, -0.05) is 0 Å². The summed E-state index contributed by atoms with van der Waals surface area (Å²) in [5, 5.41) is 11.0. The fourth-order valence-corrected chi connectivity index (χ4v) is 2.39. The van der Waals surface area contributed by atoms with Crippen LogP contribution in [-0.4, -0.2) is 16.1 Å². The molecule has 1 amide bonds. The van der Waals surface area contributed by atoms with Crippen LogP contribution in [0.3, 0.4) is 0 Å². The summed E-state index contributed by atoms with van der Waals surface area (Å²) in [6.45, 7) is 0. The van der Waals surface area contributed by atoms with Crippen LogP contribution in [0.5, 0.6) is 0 Å². The number of aromatic nitrogens is 2. The molecule has 0 bridgehead atoms. The second-order valence-electron chi connectivity index (χ2n) is 3.94. The molecule has 2 heterocycles. The first kappa shape index (κ1) is 12.7. The molecule has 1 aromatic carbocycles. The number of aromatic amines is 1. The lowest BCUT2D eigenvalue weighted by Gasteiger charge is -2.02. The zero-order valence-corrected chi connectivity index (χ0v) is 10.5. The highest BCUT2D eigenvalue weighted by Gasteiger charge is 2.20. The number of hydrogen-bond donors (Lipinski definition) is 2. The number of halogens is 3. The van der Waals surface area contributed by atoms with Gasteiger partial charge in [-0.3, -0.25) is 9.89 Å². The number of nitrogens with one attached hydrogen (secondary N) is 2. The van der Waals surface area contributed by atoms with E-state index in [9.17, 15) is 18.0 Å². The Bertz CT molecular complexity index is 798. The van der Waals surface area contributed by atoms with Crippen LogP contribution in [0.25, 0.3) is 10.9 Å². The molecule has 0 fully saturated rings. The first-order chi connectivity index (χ1) is 9.58. The molecule has 0 saturated carbocycles. The molecule has 0 radical (unpaired) electrons. The van der Waals surface area contributed by atoms with Crippen molar-refractivity contribution >= 4 is 34.0 Å². The van der Waals surface area contributed by atoms with Gasteiger partial charge in [0.15, 0.2) is 23.3 Å². The molecule has 0 aliphatic rings. The van der Waals surface area contributed by atoms with Crippen molar-refractivity contribution < 1.29 is 18.0 Å². The summed E-state index contributed by atoms with van der Waals surface area (Å²) in [4.78, 5) is 11.8. The van der Waals surface area contributed by atoms with Gasteiger partial charge in [-0.15, -0.1) is 0 Å². The topological polar surface area (TPSA) is 57.8 Å². The predicted molar refractivity (Wildman–Crippen MR) is 68.2 cm³/mol.